The van der Waals surface area contributed by atoms with Gasteiger partial charge in [-0.1, -0.05) is 18.2 Å². The van der Waals surface area contributed by atoms with Gasteiger partial charge in [0, 0.05) is 17.9 Å². The number of hydrogen-bond acceptors (Lipinski definition) is 5. The Hall–Kier alpha value is -2.84. The van der Waals surface area contributed by atoms with Gasteiger partial charge in [-0.2, -0.15) is 0 Å². The van der Waals surface area contributed by atoms with Crippen LogP contribution in [0.25, 0.3) is 0 Å². The molecule has 2 aliphatic rings. The molecular formula is C23H28FN6O+. The van der Waals surface area contributed by atoms with Crippen LogP contribution >= 0.6 is 0 Å². The Morgan fingerprint density at radius 1 is 1.06 bits per heavy atom. The minimum absolute atomic E-state index is 0.0464. The predicted octanol–water partition coefficient (Wildman–Crippen LogP) is 1.49. The number of quaternary nitrogens is 1. The van der Waals surface area contributed by atoms with Crippen LogP contribution in [0, 0.1) is 5.82 Å². The molecule has 0 bridgehead atoms. The van der Waals surface area contributed by atoms with Gasteiger partial charge in [-0.05, 0) is 59.7 Å². The number of para-hydroxylation sites is 1. The van der Waals surface area contributed by atoms with Gasteiger partial charge < -0.3 is 14.5 Å². The molecule has 3 aromatic rings. The third-order valence-electron chi connectivity index (χ3n) is 6.36. The molecule has 3 heterocycles. The van der Waals surface area contributed by atoms with Crippen LogP contribution in [0.3, 0.4) is 0 Å². The first kappa shape index (κ1) is 20.1. The normalized spacial score (nSPS) is 20.8. The smallest absolute Gasteiger partial charge is 0.214 e. The summed E-state index contributed by atoms with van der Waals surface area (Å²) in [5.41, 5.74) is 2.29. The summed E-state index contributed by atoms with van der Waals surface area (Å²) >= 11 is 0. The van der Waals surface area contributed by atoms with Gasteiger partial charge in [0.25, 0.3) is 0 Å². The fourth-order valence-electron chi connectivity index (χ4n) is 4.73. The largest absolute Gasteiger partial charge is 0.376 e. The van der Waals surface area contributed by atoms with Crippen LogP contribution in [-0.2, 0) is 11.3 Å². The van der Waals surface area contributed by atoms with Crippen molar-refractivity contribution in [2.24, 2.45) is 0 Å². The van der Waals surface area contributed by atoms with Crippen molar-refractivity contribution in [3.05, 3.63) is 71.8 Å². The second-order valence-electron chi connectivity index (χ2n) is 8.32. The van der Waals surface area contributed by atoms with Gasteiger partial charge in [0.2, 0.25) is 5.82 Å². The quantitative estimate of drug-likeness (QED) is 0.651. The lowest BCUT2D eigenvalue weighted by molar-refractivity contribution is -0.927. The summed E-state index contributed by atoms with van der Waals surface area (Å²) in [5.74, 6) is 0.593. The maximum Gasteiger partial charge on any atom is 0.214 e. The molecule has 0 spiro atoms. The number of nitrogens with one attached hydrogen (secondary N) is 1. The second-order valence-corrected chi connectivity index (χ2v) is 8.32. The Balaban J connectivity index is 1.40. The number of aromatic nitrogens is 4. The number of piperazine rings is 1. The fraction of sp³-hybridized carbons (Fsp3) is 0.435. The highest BCUT2D eigenvalue weighted by Gasteiger charge is 2.35. The minimum Gasteiger partial charge on any atom is -0.376 e. The first-order chi connectivity index (χ1) is 15.3. The summed E-state index contributed by atoms with van der Waals surface area (Å²) in [6, 6.07) is 17.2. The number of ether oxygens (including phenoxy) is 1. The van der Waals surface area contributed by atoms with E-state index in [1.54, 1.807) is 0 Å². The Bertz CT molecular complexity index is 965. The minimum atomic E-state index is -0.231. The standard InChI is InChI=1S/C23H27FN6O/c24-19-10-8-18(9-11-19)22(23-25-26-27-30(23)17-21-7-4-16-31-21)29-14-12-28(13-15-29)20-5-2-1-3-6-20/h1-3,5-6,8-11,21-22H,4,7,12-17H2/p+1/t21-,22+/m1/s1. The Labute approximate surface area is 181 Å². The van der Waals surface area contributed by atoms with E-state index in [2.05, 4.69) is 44.7 Å². The van der Waals surface area contributed by atoms with Gasteiger partial charge >= 0.3 is 0 Å². The molecule has 7 nitrogen and oxygen atoms in total. The molecule has 2 aliphatic heterocycles. The lowest BCUT2D eigenvalue weighted by Crippen LogP contribution is -3.15. The summed E-state index contributed by atoms with van der Waals surface area (Å²) < 4.78 is 21.3. The van der Waals surface area contributed by atoms with Crippen LogP contribution in [0.1, 0.15) is 30.3 Å². The Kier molecular flexibility index (Phi) is 5.90. The zero-order valence-corrected chi connectivity index (χ0v) is 17.5. The zero-order valence-electron chi connectivity index (χ0n) is 17.5. The van der Waals surface area contributed by atoms with E-state index >= 15 is 0 Å². The third-order valence-corrected chi connectivity index (χ3v) is 6.36. The summed E-state index contributed by atoms with van der Waals surface area (Å²) in [5, 5.41) is 12.7. The van der Waals surface area contributed by atoms with Crippen molar-refractivity contribution in [1.29, 1.82) is 0 Å². The van der Waals surface area contributed by atoms with Gasteiger partial charge in [0.1, 0.15) is 5.82 Å². The summed E-state index contributed by atoms with van der Waals surface area (Å²) in [6.07, 6.45) is 2.26. The average Bonchev–Trinajstić information content (AvgIpc) is 3.49. The van der Waals surface area contributed by atoms with Crippen LogP contribution in [-0.4, -0.2) is 59.1 Å². The molecule has 1 aromatic heterocycles. The van der Waals surface area contributed by atoms with E-state index in [9.17, 15) is 4.39 Å². The maximum absolute atomic E-state index is 13.6. The SMILES string of the molecule is Fc1ccc([C@@H](c2nnnn2C[C@H]2CCCO2)[NH+]2CCN(c3ccccc3)CC2)cc1. The zero-order chi connectivity index (χ0) is 21.0. The van der Waals surface area contributed by atoms with Crippen LogP contribution in [0.4, 0.5) is 10.1 Å². The number of anilines is 1. The van der Waals surface area contributed by atoms with E-state index in [-0.39, 0.29) is 18.0 Å². The number of tetrazole rings is 1. The van der Waals surface area contributed by atoms with Gasteiger partial charge in [-0.25, -0.2) is 9.07 Å². The van der Waals surface area contributed by atoms with Gasteiger partial charge in [-0.15, -0.1) is 5.10 Å². The number of halogens is 1. The van der Waals surface area contributed by atoms with E-state index < -0.39 is 0 Å². The highest BCUT2D eigenvalue weighted by molar-refractivity contribution is 5.46. The van der Waals surface area contributed by atoms with Crippen molar-refractivity contribution >= 4 is 5.69 Å². The molecule has 8 heteroatoms. The number of nitrogens with zero attached hydrogens (tertiary/aromatic N) is 5. The average molecular weight is 424 g/mol. The molecule has 5 rings (SSSR count). The predicted molar refractivity (Wildman–Crippen MR) is 114 cm³/mol. The van der Waals surface area contributed by atoms with Crippen molar-refractivity contribution in [3.8, 4) is 0 Å². The first-order valence-electron chi connectivity index (χ1n) is 11.1. The van der Waals surface area contributed by atoms with E-state index in [4.69, 9.17) is 4.74 Å². The van der Waals surface area contributed by atoms with Crippen molar-refractivity contribution in [2.75, 3.05) is 37.7 Å². The van der Waals surface area contributed by atoms with E-state index in [0.717, 1.165) is 57.0 Å². The van der Waals surface area contributed by atoms with E-state index in [1.807, 2.05) is 22.9 Å². The first-order valence-corrected chi connectivity index (χ1v) is 11.1. The van der Waals surface area contributed by atoms with Crippen molar-refractivity contribution in [3.63, 3.8) is 0 Å². The molecule has 0 aliphatic carbocycles. The van der Waals surface area contributed by atoms with Crippen LogP contribution < -0.4 is 9.80 Å². The number of hydrogen-bond donors (Lipinski definition) is 1. The lowest BCUT2D eigenvalue weighted by Gasteiger charge is -2.37. The highest BCUT2D eigenvalue weighted by Crippen LogP contribution is 2.21. The van der Waals surface area contributed by atoms with E-state index in [0.29, 0.717) is 6.54 Å². The molecule has 0 unspecified atom stereocenters. The molecule has 2 aromatic carbocycles. The summed E-state index contributed by atoms with van der Waals surface area (Å²) in [7, 11) is 0. The monoisotopic (exact) mass is 423 g/mol. The van der Waals surface area contributed by atoms with Crippen LogP contribution in [0.15, 0.2) is 54.6 Å². The topological polar surface area (TPSA) is 60.5 Å². The molecular weight excluding hydrogens is 395 g/mol. The van der Waals surface area contributed by atoms with Crippen LogP contribution in [0.2, 0.25) is 0 Å². The molecule has 162 valence electrons. The Morgan fingerprint density at radius 3 is 2.55 bits per heavy atom. The molecule has 2 atom stereocenters. The Morgan fingerprint density at radius 2 is 1.84 bits per heavy atom. The van der Waals surface area contributed by atoms with Gasteiger partial charge in [0.05, 0.1) is 38.8 Å². The summed E-state index contributed by atoms with van der Waals surface area (Å²) in [4.78, 5) is 3.81. The maximum atomic E-state index is 13.6. The van der Waals surface area contributed by atoms with Gasteiger partial charge in [-0.3, -0.25) is 0 Å². The molecule has 2 saturated heterocycles. The highest BCUT2D eigenvalue weighted by atomic mass is 19.1. The number of rotatable bonds is 6. The molecule has 0 amide bonds. The molecule has 1 N–H and O–H groups in total. The number of benzene rings is 2. The van der Waals surface area contributed by atoms with Crippen LogP contribution in [0.5, 0.6) is 0 Å². The lowest BCUT2D eigenvalue weighted by atomic mass is 10.0. The molecule has 2 fully saturated rings. The second kappa shape index (κ2) is 9.11. The third kappa shape index (κ3) is 4.45. The molecule has 0 radical (unpaired) electrons. The molecule has 31 heavy (non-hydrogen) atoms. The van der Waals surface area contributed by atoms with Gasteiger partial charge in [0.15, 0.2) is 6.04 Å². The van der Waals surface area contributed by atoms with Crippen molar-refractivity contribution in [2.45, 2.75) is 31.5 Å². The van der Waals surface area contributed by atoms with E-state index in [1.165, 1.54) is 22.7 Å². The van der Waals surface area contributed by atoms with Crippen molar-refractivity contribution in [1.82, 2.24) is 20.2 Å². The molecule has 0 saturated carbocycles. The fourth-order valence-corrected chi connectivity index (χ4v) is 4.73. The summed E-state index contributed by atoms with van der Waals surface area (Å²) in [6.45, 7) is 5.25. The van der Waals surface area contributed by atoms with Crippen molar-refractivity contribution < 1.29 is 14.0 Å².